The first-order valence-electron chi connectivity index (χ1n) is 8.76. The number of ether oxygens (including phenoxy) is 1. The van der Waals surface area contributed by atoms with Gasteiger partial charge in [0.15, 0.2) is 11.6 Å². The molecule has 0 aliphatic rings. The molecule has 0 saturated carbocycles. The number of hydrogen-bond acceptors (Lipinski definition) is 6. The van der Waals surface area contributed by atoms with Gasteiger partial charge in [-0.05, 0) is 36.9 Å². The third-order valence-corrected chi connectivity index (χ3v) is 4.02. The van der Waals surface area contributed by atoms with Gasteiger partial charge in [-0.15, -0.1) is 0 Å². The van der Waals surface area contributed by atoms with Crippen molar-refractivity contribution in [1.82, 2.24) is 9.97 Å². The summed E-state index contributed by atoms with van der Waals surface area (Å²) >= 11 is 0. The molecule has 6 nitrogen and oxygen atoms in total. The van der Waals surface area contributed by atoms with E-state index in [0.717, 1.165) is 5.75 Å². The van der Waals surface area contributed by atoms with Gasteiger partial charge in [0.2, 0.25) is 0 Å². The topological polar surface area (TPSA) is 71.4 Å². The number of anilines is 2. The van der Waals surface area contributed by atoms with Crippen molar-refractivity contribution in [2.75, 3.05) is 30.8 Å². The third kappa shape index (κ3) is 4.61. The molecule has 0 unspecified atom stereocenters. The summed E-state index contributed by atoms with van der Waals surface area (Å²) in [5.74, 6) is 2.78. The van der Waals surface area contributed by atoms with Gasteiger partial charge in [0.25, 0.3) is 0 Å². The van der Waals surface area contributed by atoms with Crippen LogP contribution < -0.4 is 15.4 Å². The van der Waals surface area contributed by atoms with E-state index in [0.29, 0.717) is 36.3 Å². The van der Waals surface area contributed by atoms with E-state index in [-0.39, 0.29) is 0 Å². The van der Waals surface area contributed by atoms with Crippen molar-refractivity contribution in [3.8, 4) is 16.9 Å². The molecule has 0 amide bonds. The van der Waals surface area contributed by atoms with Gasteiger partial charge < -0.3 is 15.4 Å². The van der Waals surface area contributed by atoms with E-state index in [9.17, 15) is 0 Å². The van der Waals surface area contributed by atoms with Gasteiger partial charge >= 0.3 is 0 Å². The lowest BCUT2D eigenvalue weighted by Gasteiger charge is -2.13. The summed E-state index contributed by atoms with van der Waals surface area (Å²) in [6.45, 7) is 6.52. The first kappa shape index (κ1) is 18.4. The predicted molar refractivity (Wildman–Crippen MR) is 111 cm³/mol. The summed E-state index contributed by atoms with van der Waals surface area (Å²) in [6.07, 6.45) is 0. The monoisotopic (exact) mass is 361 g/mol. The SMILES string of the molecule is C=Nc1c(NC)nc(C)nc1NCCOc1ccc(-c2ccccc2)cc1. The molecule has 3 aromatic rings. The number of aromatic nitrogens is 2. The van der Waals surface area contributed by atoms with E-state index in [1.165, 1.54) is 11.1 Å². The van der Waals surface area contributed by atoms with E-state index in [1.807, 2.05) is 37.3 Å². The second-order valence-electron chi connectivity index (χ2n) is 5.89. The Kier molecular flexibility index (Phi) is 5.99. The largest absolute Gasteiger partial charge is 0.492 e. The maximum atomic E-state index is 5.81. The van der Waals surface area contributed by atoms with Crippen LogP contribution in [0.3, 0.4) is 0 Å². The lowest BCUT2D eigenvalue weighted by atomic mass is 10.1. The maximum absolute atomic E-state index is 5.81. The van der Waals surface area contributed by atoms with E-state index in [2.05, 4.69) is 56.6 Å². The van der Waals surface area contributed by atoms with Crippen LogP contribution in [0.5, 0.6) is 5.75 Å². The quantitative estimate of drug-likeness (QED) is 0.462. The van der Waals surface area contributed by atoms with E-state index >= 15 is 0 Å². The summed E-state index contributed by atoms with van der Waals surface area (Å²) in [5, 5.41) is 6.24. The van der Waals surface area contributed by atoms with Crippen molar-refractivity contribution < 1.29 is 4.74 Å². The number of hydrogen-bond donors (Lipinski definition) is 2. The van der Waals surface area contributed by atoms with Gasteiger partial charge in [0.05, 0.1) is 6.54 Å². The summed E-state index contributed by atoms with van der Waals surface area (Å²) < 4.78 is 5.81. The Labute approximate surface area is 159 Å². The molecule has 6 heteroatoms. The van der Waals surface area contributed by atoms with Crippen molar-refractivity contribution >= 4 is 24.0 Å². The zero-order valence-electron chi connectivity index (χ0n) is 15.6. The first-order chi connectivity index (χ1) is 13.2. The summed E-state index contributed by atoms with van der Waals surface area (Å²) in [4.78, 5) is 12.7. The number of nitrogens with zero attached hydrogens (tertiary/aromatic N) is 3. The Bertz CT molecular complexity index is 894. The Morgan fingerprint density at radius 2 is 1.63 bits per heavy atom. The number of rotatable bonds is 8. The molecule has 0 aliphatic carbocycles. The van der Waals surface area contributed by atoms with E-state index < -0.39 is 0 Å². The van der Waals surface area contributed by atoms with Crippen LogP contribution in [-0.2, 0) is 0 Å². The summed E-state index contributed by atoms with van der Waals surface area (Å²) in [6, 6.07) is 18.3. The minimum atomic E-state index is 0.499. The zero-order chi connectivity index (χ0) is 19.1. The molecule has 0 fully saturated rings. The van der Waals surface area contributed by atoms with Gasteiger partial charge in [-0.3, -0.25) is 4.99 Å². The van der Waals surface area contributed by atoms with Gasteiger partial charge in [0, 0.05) is 7.05 Å². The fourth-order valence-electron chi connectivity index (χ4n) is 2.73. The van der Waals surface area contributed by atoms with Gasteiger partial charge in [0.1, 0.15) is 23.9 Å². The second kappa shape index (κ2) is 8.80. The molecule has 0 saturated heterocycles. The molecule has 0 aliphatic heterocycles. The fourth-order valence-corrected chi connectivity index (χ4v) is 2.73. The molecule has 2 aromatic carbocycles. The molecule has 2 N–H and O–H groups in total. The average molecular weight is 361 g/mol. The molecule has 0 bridgehead atoms. The highest BCUT2D eigenvalue weighted by atomic mass is 16.5. The van der Waals surface area contributed by atoms with Crippen LogP contribution in [-0.4, -0.2) is 36.9 Å². The number of aliphatic imine (C=N–C) groups is 1. The summed E-state index contributed by atoms with van der Waals surface area (Å²) in [7, 11) is 1.79. The number of aryl methyl sites for hydroxylation is 1. The normalized spacial score (nSPS) is 10.3. The van der Waals surface area contributed by atoms with Gasteiger partial charge in [-0.25, -0.2) is 9.97 Å². The highest BCUT2D eigenvalue weighted by Gasteiger charge is 2.10. The Morgan fingerprint density at radius 1 is 0.963 bits per heavy atom. The van der Waals surface area contributed by atoms with Gasteiger partial charge in [-0.2, -0.15) is 0 Å². The smallest absolute Gasteiger partial charge is 0.158 e. The van der Waals surface area contributed by atoms with Crippen molar-refractivity contribution in [2.24, 2.45) is 4.99 Å². The first-order valence-corrected chi connectivity index (χ1v) is 8.76. The third-order valence-electron chi connectivity index (χ3n) is 4.02. The highest BCUT2D eigenvalue weighted by Crippen LogP contribution is 2.29. The predicted octanol–water partition coefficient (Wildman–Crippen LogP) is 4.32. The highest BCUT2D eigenvalue weighted by molar-refractivity contribution is 5.75. The van der Waals surface area contributed by atoms with Crippen molar-refractivity contribution in [3.05, 3.63) is 60.4 Å². The molecule has 3 rings (SSSR count). The molecule has 0 spiro atoms. The van der Waals surface area contributed by atoms with Crippen LogP contribution in [0.4, 0.5) is 17.3 Å². The standard InChI is InChI=1S/C21H23N5O/c1-15-25-20(23-3)19(22-2)21(26-15)24-13-14-27-18-11-9-17(10-12-18)16-7-5-4-6-8-16/h4-12H,2,13-14H2,1,3H3,(H2,23,24,25,26). The minimum Gasteiger partial charge on any atom is -0.492 e. The Morgan fingerprint density at radius 3 is 2.30 bits per heavy atom. The van der Waals surface area contributed by atoms with Crippen molar-refractivity contribution in [2.45, 2.75) is 6.92 Å². The van der Waals surface area contributed by atoms with Crippen LogP contribution >= 0.6 is 0 Å². The van der Waals surface area contributed by atoms with Crippen LogP contribution in [0, 0.1) is 6.92 Å². The average Bonchev–Trinajstić information content (AvgIpc) is 2.72. The summed E-state index contributed by atoms with van der Waals surface area (Å²) in [5.41, 5.74) is 2.96. The molecular formula is C21H23N5O. The molecule has 0 radical (unpaired) electrons. The molecule has 1 heterocycles. The van der Waals surface area contributed by atoms with Crippen LogP contribution in [0.1, 0.15) is 5.82 Å². The van der Waals surface area contributed by atoms with Crippen LogP contribution in [0.15, 0.2) is 59.6 Å². The van der Waals surface area contributed by atoms with E-state index in [1.54, 1.807) is 7.05 Å². The van der Waals surface area contributed by atoms with Gasteiger partial charge in [-0.1, -0.05) is 42.5 Å². The molecule has 0 atom stereocenters. The van der Waals surface area contributed by atoms with E-state index in [4.69, 9.17) is 4.74 Å². The van der Waals surface area contributed by atoms with Crippen molar-refractivity contribution in [1.29, 1.82) is 0 Å². The number of benzene rings is 2. The molecular weight excluding hydrogens is 338 g/mol. The van der Waals surface area contributed by atoms with Crippen LogP contribution in [0.25, 0.3) is 11.1 Å². The molecule has 27 heavy (non-hydrogen) atoms. The Balaban J connectivity index is 1.56. The zero-order valence-corrected chi connectivity index (χ0v) is 15.6. The lowest BCUT2D eigenvalue weighted by molar-refractivity contribution is 0.333. The van der Waals surface area contributed by atoms with Crippen molar-refractivity contribution in [3.63, 3.8) is 0 Å². The molecule has 1 aromatic heterocycles. The fraction of sp³-hybridized carbons (Fsp3) is 0.190. The second-order valence-corrected chi connectivity index (χ2v) is 5.89. The maximum Gasteiger partial charge on any atom is 0.158 e. The molecule has 138 valence electrons. The Hall–Kier alpha value is -3.41. The number of nitrogens with one attached hydrogen (secondary N) is 2. The lowest BCUT2D eigenvalue weighted by Crippen LogP contribution is -2.13. The minimum absolute atomic E-state index is 0.499. The van der Waals surface area contributed by atoms with Crippen LogP contribution in [0.2, 0.25) is 0 Å².